The van der Waals surface area contributed by atoms with Gasteiger partial charge in [-0.15, -0.1) is 0 Å². The Hall–Kier alpha value is -1.62. The second-order valence-electron chi connectivity index (χ2n) is 6.27. The van der Waals surface area contributed by atoms with Crippen molar-refractivity contribution in [2.75, 3.05) is 25.1 Å². The third kappa shape index (κ3) is 2.62. The van der Waals surface area contributed by atoms with Gasteiger partial charge in [0.2, 0.25) is 5.91 Å². The Bertz CT molecular complexity index is 517. The molecule has 0 radical (unpaired) electrons. The van der Waals surface area contributed by atoms with Gasteiger partial charge >= 0.3 is 0 Å². The van der Waals surface area contributed by atoms with Crippen molar-refractivity contribution in [3.8, 4) is 0 Å². The summed E-state index contributed by atoms with van der Waals surface area (Å²) in [7, 11) is 1.83. The maximum atomic E-state index is 11.1. The van der Waals surface area contributed by atoms with Gasteiger partial charge in [-0.05, 0) is 37.8 Å². The molecule has 2 N–H and O–H groups in total. The van der Waals surface area contributed by atoms with Crippen molar-refractivity contribution >= 4 is 11.7 Å². The molecule has 1 aliphatic heterocycles. The Labute approximate surface area is 125 Å². The number of nitrogens with zero attached hydrogens (tertiary/aromatic N) is 2. The molecule has 1 aliphatic carbocycles. The number of carbonyl (C=O) groups excluding carboxylic acids is 1. The highest BCUT2D eigenvalue weighted by Gasteiger charge is 2.45. The van der Waals surface area contributed by atoms with Crippen LogP contribution >= 0.6 is 0 Å². The van der Waals surface area contributed by atoms with E-state index in [0.717, 1.165) is 18.9 Å². The third-order valence-corrected chi connectivity index (χ3v) is 5.07. The highest BCUT2D eigenvalue weighted by Crippen LogP contribution is 2.46. The molecule has 1 saturated carbocycles. The fourth-order valence-corrected chi connectivity index (χ4v) is 4.02. The first-order valence-corrected chi connectivity index (χ1v) is 7.68. The third-order valence-electron chi connectivity index (χ3n) is 5.07. The maximum absolute atomic E-state index is 11.1. The van der Waals surface area contributed by atoms with Gasteiger partial charge < -0.3 is 15.4 Å². The highest BCUT2D eigenvalue weighted by atomic mass is 16.5. The Kier molecular flexibility index (Phi) is 3.85. The van der Waals surface area contributed by atoms with Crippen LogP contribution in [-0.4, -0.2) is 37.2 Å². The number of ether oxygens (including phenoxy) is 1. The Balaban J connectivity index is 1.78. The molecule has 1 saturated heterocycles. The summed E-state index contributed by atoms with van der Waals surface area (Å²) in [5.41, 5.74) is 6.00. The van der Waals surface area contributed by atoms with Gasteiger partial charge in [0, 0.05) is 31.8 Å². The van der Waals surface area contributed by atoms with Crippen LogP contribution in [-0.2, 0) is 4.74 Å². The molecule has 1 spiro atoms. The van der Waals surface area contributed by atoms with Crippen LogP contribution < -0.4 is 10.6 Å². The summed E-state index contributed by atoms with van der Waals surface area (Å²) in [6, 6.07) is 3.66. The number of primary amides is 1. The van der Waals surface area contributed by atoms with Crippen molar-refractivity contribution in [1.29, 1.82) is 0 Å². The first-order chi connectivity index (χ1) is 10.1. The van der Waals surface area contributed by atoms with E-state index in [1.165, 1.54) is 32.1 Å². The molecule has 2 heterocycles. The molecule has 1 aromatic heterocycles. The summed E-state index contributed by atoms with van der Waals surface area (Å²) in [4.78, 5) is 17.9. The zero-order chi connectivity index (χ0) is 14.9. The number of rotatable bonds is 3. The quantitative estimate of drug-likeness (QED) is 0.923. The van der Waals surface area contributed by atoms with E-state index in [9.17, 15) is 4.79 Å². The van der Waals surface area contributed by atoms with Gasteiger partial charge in [-0.25, -0.2) is 4.98 Å². The van der Waals surface area contributed by atoms with Crippen molar-refractivity contribution in [2.45, 2.75) is 38.2 Å². The molecule has 5 nitrogen and oxygen atoms in total. The second kappa shape index (κ2) is 5.64. The van der Waals surface area contributed by atoms with E-state index in [2.05, 4.69) is 9.88 Å². The SMILES string of the molecule is CO[C@@H]1CCC[C@]12CCCN(c1ccc(C(N)=O)cn1)C2. The molecule has 114 valence electrons. The van der Waals surface area contributed by atoms with E-state index in [4.69, 9.17) is 10.5 Å². The standard InChI is InChI=1S/C16H23N3O2/c1-21-13-4-2-7-16(13)8-3-9-19(11-16)14-6-5-12(10-18-14)15(17)20/h5-6,10,13H,2-4,7-9,11H2,1H3,(H2,17,20)/t13-,16-/m1/s1. The number of methoxy groups -OCH3 is 1. The summed E-state index contributed by atoms with van der Waals surface area (Å²) in [6.45, 7) is 2.01. The number of anilines is 1. The van der Waals surface area contributed by atoms with Crippen LogP contribution in [0.2, 0.25) is 0 Å². The smallest absolute Gasteiger partial charge is 0.250 e. The molecule has 1 aromatic rings. The predicted molar refractivity (Wildman–Crippen MR) is 81.3 cm³/mol. The monoisotopic (exact) mass is 289 g/mol. The summed E-state index contributed by atoms with van der Waals surface area (Å²) >= 11 is 0. The van der Waals surface area contributed by atoms with Crippen molar-refractivity contribution < 1.29 is 9.53 Å². The van der Waals surface area contributed by atoms with Gasteiger partial charge in [0.15, 0.2) is 0 Å². The van der Waals surface area contributed by atoms with E-state index < -0.39 is 5.91 Å². The van der Waals surface area contributed by atoms with Gasteiger partial charge in [-0.2, -0.15) is 0 Å². The molecular formula is C16H23N3O2. The molecule has 3 rings (SSSR count). The van der Waals surface area contributed by atoms with Crippen LogP contribution in [0.25, 0.3) is 0 Å². The first kappa shape index (κ1) is 14.3. The van der Waals surface area contributed by atoms with Gasteiger partial charge in [-0.3, -0.25) is 4.79 Å². The van der Waals surface area contributed by atoms with Crippen LogP contribution in [0.1, 0.15) is 42.5 Å². The van der Waals surface area contributed by atoms with Gasteiger partial charge in [0.25, 0.3) is 0 Å². The molecule has 2 fully saturated rings. The van der Waals surface area contributed by atoms with E-state index >= 15 is 0 Å². The van der Waals surface area contributed by atoms with E-state index in [-0.39, 0.29) is 5.41 Å². The van der Waals surface area contributed by atoms with Crippen LogP contribution in [0, 0.1) is 5.41 Å². The van der Waals surface area contributed by atoms with Crippen LogP contribution in [0.5, 0.6) is 0 Å². The number of piperidine rings is 1. The Morgan fingerprint density at radius 2 is 2.24 bits per heavy atom. The number of aromatic nitrogens is 1. The minimum absolute atomic E-state index is 0.275. The molecule has 5 heteroatoms. The van der Waals surface area contributed by atoms with Crippen LogP contribution in [0.4, 0.5) is 5.82 Å². The number of hydrogen-bond donors (Lipinski definition) is 1. The lowest BCUT2D eigenvalue weighted by Crippen LogP contribution is -2.48. The zero-order valence-electron chi connectivity index (χ0n) is 12.5. The molecule has 2 aliphatic rings. The minimum atomic E-state index is -0.431. The maximum Gasteiger partial charge on any atom is 0.250 e. The normalized spacial score (nSPS) is 29.0. The largest absolute Gasteiger partial charge is 0.381 e. The average molecular weight is 289 g/mol. The predicted octanol–water partition coefficient (Wildman–Crippen LogP) is 1.97. The molecular weight excluding hydrogens is 266 g/mol. The van der Waals surface area contributed by atoms with Crippen LogP contribution in [0.3, 0.4) is 0 Å². The molecule has 0 aromatic carbocycles. The zero-order valence-corrected chi connectivity index (χ0v) is 12.5. The van der Waals surface area contributed by atoms with Crippen molar-refractivity contribution in [1.82, 2.24) is 4.98 Å². The topological polar surface area (TPSA) is 68.5 Å². The summed E-state index contributed by atoms with van der Waals surface area (Å²) in [5.74, 6) is 0.500. The van der Waals surface area contributed by atoms with Gasteiger partial charge in [0.1, 0.15) is 5.82 Å². The fraction of sp³-hybridized carbons (Fsp3) is 0.625. The highest BCUT2D eigenvalue weighted by molar-refractivity contribution is 5.92. The van der Waals surface area contributed by atoms with E-state index in [1.807, 2.05) is 13.2 Å². The summed E-state index contributed by atoms with van der Waals surface area (Å²) in [5, 5.41) is 0. The molecule has 1 amide bonds. The van der Waals surface area contributed by atoms with Gasteiger partial charge in [-0.1, -0.05) is 6.42 Å². The summed E-state index contributed by atoms with van der Waals surface area (Å²) in [6.07, 6.45) is 7.99. The molecule has 0 bridgehead atoms. The van der Waals surface area contributed by atoms with Gasteiger partial charge in [0.05, 0.1) is 11.7 Å². The summed E-state index contributed by atoms with van der Waals surface area (Å²) < 4.78 is 5.73. The lowest BCUT2D eigenvalue weighted by Gasteiger charge is -2.44. The van der Waals surface area contributed by atoms with E-state index in [1.54, 1.807) is 12.3 Å². The van der Waals surface area contributed by atoms with E-state index in [0.29, 0.717) is 11.7 Å². The number of pyridine rings is 1. The molecule has 2 atom stereocenters. The van der Waals surface area contributed by atoms with Crippen molar-refractivity contribution in [3.63, 3.8) is 0 Å². The van der Waals surface area contributed by atoms with Crippen molar-refractivity contribution in [3.05, 3.63) is 23.9 Å². The molecule has 21 heavy (non-hydrogen) atoms. The Morgan fingerprint density at radius 1 is 1.43 bits per heavy atom. The lowest BCUT2D eigenvalue weighted by molar-refractivity contribution is 0.00216. The van der Waals surface area contributed by atoms with Crippen molar-refractivity contribution in [2.24, 2.45) is 11.1 Å². The fourth-order valence-electron chi connectivity index (χ4n) is 4.02. The minimum Gasteiger partial charge on any atom is -0.381 e. The lowest BCUT2D eigenvalue weighted by atomic mass is 9.76. The number of carbonyl (C=O) groups is 1. The average Bonchev–Trinajstić information content (AvgIpc) is 2.89. The molecule has 0 unspecified atom stereocenters. The first-order valence-electron chi connectivity index (χ1n) is 7.68. The Morgan fingerprint density at radius 3 is 2.90 bits per heavy atom. The number of nitrogens with two attached hydrogens (primary N) is 1. The van der Waals surface area contributed by atoms with Crippen LogP contribution in [0.15, 0.2) is 18.3 Å². The second-order valence-corrected chi connectivity index (χ2v) is 6.27. The number of hydrogen-bond acceptors (Lipinski definition) is 4. The number of amides is 1.